The van der Waals surface area contributed by atoms with Crippen molar-refractivity contribution in [2.24, 2.45) is 0 Å². The van der Waals surface area contributed by atoms with E-state index in [0.29, 0.717) is 12.8 Å². The first-order valence-corrected chi connectivity index (χ1v) is 28.0. The number of hydrogen-bond donors (Lipinski definition) is 7. The third-order valence-electron chi connectivity index (χ3n) is 12.9. The summed E-state index contributed by atoms with van der Waals surface area (Å²) in [5.41, 5.74) is 0. The summed E-state index contributed by atoms with van der Waals surface area (Å²) in [7, 11) is -5.12. The molecule has 1 rings (SSSR count). The number of ether oxygens (including phenoxy) is 2. The van der Waals surface area contributed by atoms with E-state index in [1.165, 1.54) is 173 Å². The first kappa shape index (κ1) is 61.8. The molecule has 1 heterocycles. The van der Waals surface area contributed by atoms with Crippen LogP contribution in [0.2, 0.25) is 0 Å². The van der Waals surface area contributed by atoms with E-state index in [1.54, 1.807) is 6.08 Å². The number of carbonyl (C=O) groups is 1. The van der Waals surface area contributed by atoms with Crippen LogP contribution in [-0.4, -0.2) is 107 Å². The fourth-order valence-electron chi connectivity index (χ4n) is 8.70. The Morgan fingerprint density at radius 1 is 0.615 bits per heavy atom. The zero-order valence-electron chi connectivity index (χ0n) is 41.2. The molecule has 1 saturated heterocycles. The van der Waals surface area contributed by atoms with Crippen molar-refractivity contribution in [1.29, 1.82) is 0 Å². The molecule has 65 heavy (non-hydrogen) atoms. The second-order valence-corrected chi connectivity index (χ2v) is 20.0. The number of nitrogens with one attached hydrogen (secondary N) is 1. The predicted molar refractivity (Wildman–Crippen MR) is 261 cm³/mol. The number of hydrogen-bond acceptors (Lipinski definition) is 11. The maximum absolute atomic E-state index is 13.2. The van der Waals surface area contributed by atoms with E-state index in [9.17, 15) is 43.3 Å². The summed E-state index contributed by atoms with van der Waals surface area (Å²) in [4.78, 5) is 13.2. The number of carbonyl (C=O) groups excluding carboxylic acids is 1. The van der Waals surface area contributed by atoms with Crippen LogP contribution in [0.5, 0.6) is 0 Å². The molecule has 7 N–H and O–H groups in total. The number of allylic oxidation sites excluding steroid dienone is 1. The van der Waals surface area contributed by atoms with Gasteiger partial charge in [-0.2, -0.15) is 8.42 Å². The van der Waals surface area contributed by atoms with Crippen LogP contribution in [0.1, 0.15) is 245 Å². The third kappa shape index (κ3) is 33.9. The molecule has 1 amide bonds. The molecule has 8 atom stereocenters. The van der Waals surface area contributed by atoms with E-state index in [1.807, 2.05) is 6.08 Å². The lowest BCUT2D eigenvalue weighted by molar-refractivity contribution is -0.298. The van der Waals surface area contributed by atoms with E-state index in [2.05, 4.69) is 23.3 Å². The Labute approximate surface area is 396 Å². The van der Waals surface area contributed by atoms with Crippen molar-refractivity contribution >= 4 is 16.3 Å². The number of aliphatic hydroxyl groups excluding tert-OH is 5. The van der Waals surface area contributed by atoms with Gasteiger partial charge in [-0.25, -0.2) is 4.18 Å². The van der Waals surface area contributed by atoms with Crippen molar-refractivity contribution < 1.29 is 57.0 Å². The fraction of sp³-hybridized carbons (Fsp3) is 0.941. The van der Waals surface area contributed by atoms with Gasteiger partial charge in [0.05, 0.1) is 25.4 Å². The molecule has 8 unspecified atom stereocenters. The highest BCUT2D eigenvalue weighted by Crippen LogP contribution is 2.26. The average molecular weight is 950 g/mol. The van der Waals surface area contributed by atoms with Gasteiger partial charge in [0.15, 0.2) is 6.29 Å². The number of aliphatic hydroxyl groups is 5. The highest BCUT2D eigenvalue weighted by atomic mass is 32.3. The zero-order chi connectivity index (χ0) is 47.8. The molecule has 0 bridgehead atoms. The topological polar surface area (TPSA) is 212 Å². The van der Waals surface area contributed by atoms with Crippen molar-refractivity contribution in [3.63, 3.8) is 0 Å². The van der Waals surface area contributed by atoms with Crippen LogP contribution in [0, 0.1) is 0 Å². The van der Waals surface area contributed by atoms with Gasteiger partial charge in [-0.05, 0) is 19.3 Å². The van der Waals surface area contributed by atoms with Crippen molar-refractivity contribution in [2.45, 2.75) is 294 Å². The first-order chi connectivity index (χ1) is 31.4. The fourth-order valence-corrected chi connectivity index (χ4v) is 9.21. The molecule has 0 radical (unpaired) electrons. The van der Waals surface area contributed by atoms with Gasteiger partial charge >= 0.3 is 10.4 Å². The van der Waals surface area contributed by atoms with Gasteiger partial charge in [0, 0.05) is 0 Å². The van der Waals surface area contributed by atoms with Crippen LogP contribution in [0.25, 0.3) is 0 Å². The highest BCUT2D eigenvalue weighted by molar-refractivity contribution is 7.80. The summed E-state index contributed by atoms with van der Waals surface area (Å²) in [5.74, 6) is -0.697. The smallest absolute Gasteiger partial charge is 0.394 e. The monoisotopic (exact) mass is 950 g/mol. The van der Waals surface area contributed by atoms with Gasteiger partial charge in [-0.15, -0.1) is 0 Å². The van der Waals surface area contributed by atoms with Gasteiger partial charge in [-0.3, -0.25) is 9.35 Å². The van der Waals surface area contributed by atoms with Crippen LogP contribution >= 0.6 is 0 Å². The van der Waals surface area contributed by atoms with Crippen LogP contribution in [-0.2, 0) is 28.9 Å². The van der Waals surface area contributed by atoms with Crippen LogP contribution < -0.4 is 5.32 Å². The van der Waals surface area contributed by atoms with E-state index < -0.39 is 78.5 Å². The maximum atomic E-state index is 13.2. The van der Waals surface area contributed by atoms with Crippen molar-refractivity contribution in [2.75, 3.05) is 13.2 Å². The van der Waals surface area contributed by atoms with E-state index in [-0.39, 0.29) is 6.42 Å². The van der Waals surface area contributed by atoms with Gasteiger partial charge in [0.2, 0.25) is 5.91 Å². The molecule has 0 aromatic carbocycles. The second kappa shape index (κ2) is 41.7. The molecule has 1 fully saturated rings. The molecular weight excluding hydrogens is 851 g/mol. The maximum Gasteiger partial charge on any atom is 0.397 e. The summed E-state index contributed by atoms with van der Waals surface area (Å²) in [6.45, 7) is 3.26. The molecule has 1 aliphatic heterocycles. The van der Waals surface area contributed by atoms with Gasteiger partial charge in [0.25, 0.3) is 0 Å². The van der Waals surface area contributed by atoms with Gasteiger partial charge in [0.1, 0.15) is 30.5 Å². The molecule has 0 aliphatic carbocycles. The standard InChI is InChI=1S/C51H99NO12S/c1-3-5-7-9-11-13-15-17-19-21-22-24-26-28-30-32-34-36-38-40-45(55)50(58)52-43(42-62-51-48(57)49(64-65(59,60)61)47(56)46(41-53)63-51)44(54)39-37-35-33-31-29-27-25-23-20-18-16-14-12-10-8-6-4-2/h37,39,43-49,51,53-57H,3-36,38,40-42H2,1-2H3,(H,52,58)(H,59,60,61)/b39-37+. The van der Waals surface area contributed by atoms with Gasteiger partial charge in [-0.1, -0.05) is 238 Å². The van der Waals surface area contributed by atoms with Crippen molar-refractivity contribution in [3.05, 3.63) is 12.2 Å². The lowest BCUT2D eigenvalue weighted by Gasteiger charge is -2.41. The second-order valence-electron chi connectivity index (χ2n) is 19.0. The quantitative estimate of drug-likeness (QED) is 0.0173. The summed E-state index contributed by atoms with van der Waals surface area (Å²) in [6.07, 6.45) is 35.7. The Hall–Kier alpha value is -1.20. The number of unbranched alkanes of at least 4 members (excludes halogenated alkanes) is 33. The van der Waals surface area contributed by atoms with Gasteiger partial charge < -0.3 is 40.3 Å². The number of rotatable bonds is 46. The Balaban J connectivity index is 2.48. The Kier molecular flexibility index (Phi) is 39.7. The van der Waals surface area contributed by atoms with Crippen molar-refractivity contribution in [1.82, 2.24) is 5.32 Å². The minimum Gasteiger partial charge on any atom is -0.394 e. The molecule has 0 aromatic rings. The molecule has 13 nitrogen and oxygen atoms in total. The summed E-state index contributed by atoms with van der Waals surface area (Å²) in [5, 5.41) is 55.4. The molecule has 1 aliphatic rings. The van der Waals surface area contributed by atoms with Crippen LogP contribution in [0.3, 0.4) is 0 Å². The average Bonchev–Trinajstić information content (AvgIpc) is 3.28. The van der Waals surface area contributed by atoms with E-state index in [0.717, 1.165) is 38.5 Å². The van der Waals surface area contributed by atoms with Crippen molar-refractivity contribution in [3.8, 4) is 0 Å². The Morgan fingerprint density at radius 2 is 1.00 bits per heavy atom. The molecule has 386 valence electrons. The molecular formula is C51H99NO12S. The molecule has 0 saturated carbocycles. The Bertz CT molecular complexity index is 1230. The minimum atomic E-state index is -5.12. The zero-order valence-corrected chi connectivity index (χ0v) is 42.0. The van der Waals surface area contributed by atoms with E-state index in [4.69, 9.17) is 9.47 Å². The minimum absolute atomic E-state index is 0.249. The largest absolute Gasteiger partial charge is 0.397 e. The van der Waals surface area contributed by atoms with Crippen LogP contribution in [0.4, 0.5) is 0 Å². The number of amides is 1. The normalized spacial score (nSPS) is 20.6. The summed E-state index contributed by atoms with van der Waals surface area (Å²) >= 11 is 0. The molecule has 14 heteroatoms. The molecule has 0 aromatic heterocycles. The van der Waals surface area contributed by atoms with E-state index >= 15 is 0 Å². The third-order valence-corrected chi connectivity index (χ3v) is 13.4. The predicted octanol–water partition coefficient (Wildman–Crippen LogP) is 10.5. The first-order valence-electron chi connectivity index (χ1n) is 26.7. The highest BCUT2D eigenvalue weighted by Gasteiger charge is 2.48. The lowest BCUT2D eigenvalue weighted by Crippen LogP contribution is -2.61. The Morgan fingerprint density at radius 3 is 1.38 bits per heavy atom. The van der Waals surface area contributed by atoms with Crippen LogP contribution in [0.15, 0.2) is 12.2 Å². The summed E-state index contributed by atoms with van der Waals surface area (Å²) in [6, 6.07) is -1.12. The summed E-state index contributed by atoms with van der Waals surface area (Å²) < 4.78 is 47.7. The molecule has 0 spiro atoms. The SMILES string of the molecule is CCCCCCCCCCCCCCCCC/C=C/C(O)C(COC1OC(CO)C(O)C(OS(=O)(=O)O)C1O)NC(=O)C(O)CCCCCCCCCCCCCCCCCCCCC. The lowest BCUT2D eigenvalue weighted by atomic mass is 9.99.